The summed E-state index contributed by atoms with van der Waals surface area (Å²) in [4.78, 5) is 6.96. The summed E-state index contributed by atoms with van der Waals surface area (Å²) in [5.41, 5.74) is -0.406. The van der Waals surface area contributed by atoms with Gasteiger partial charge in [0.1, 0.15) is 5.60 Å². The van der Waals surface area contributed by atoms with Crippen molar-refractivity contribution in [2.45, 2.75) is 52.2 Å². The molecule has 1 aliphatic rings. The number of hydrogen-bond acceptors (Lipinski definition) is 6. The van der Waals surface area contributed by atoms with E-state index in [0.717, 1.165) is 52.0 Å². The van der Waals surface area contributed by atoms with Crippen LogP contribution in [0.15, 0.2) is 4.52 Å². The molecule has 0 saturated carbocycles. The summed E-state index contributed by atoms with van der Waals surface area (Å²) in [6.45, 7) is 11.8. The van der Waals surface area contributed by atoms with Gasteiger partial charge in [-0.15, -0.1) is 0 Å². The molecule has 0 aromatic carbocycles. The van der Waals surface area contributed by atoms with Crippen LogP contribution in [0.4, 0.5) is 0 Å². The highest BCUT2D eigenvalue weighted by atomic mass is 16.5. The minimum atomic E-state index is -0.406. The lowest BCUT2D eigenvalue weighted by molar-refractivity contribution is -0.0583. The van der Waals surface area contributed by atoms with Crippen LogP contribution < -0.4 is 5.32 Å². The van der Waals surface area contributed by atoms with Crippen LogP contribution in [-0.2, 0) is 16.9 Å². The summed E-state index contributed by atoms with van der Waals surface area (Å²) in [5.74, 6) is 1.38. The Labute approximate surface area is 127 Å². The van der Waals surface area contributed by atoms with Crippen LogP contribution in [0.3, 0.4) is 0 Å². The molecule has 0 unspecified atom stereocenters. The molecule has 0 spiro atoms. The van der Waals surface area contributed by atoms with Gasteiger partial charge in [-0.3, -0.25) is 4.90 Å². The molecular weight excluding hydrogens is 268 g/mol. The minimum absolute atomic E-state index is 0.406. The molecular formula is C15H28N4O2. The first-order chi connectivity index (χ1) is 10.2. The van der Waals surface area contributed by atoms with Crippen molar-refractivity contribution < 1.29 is 9.26 Å². The third-order valence-corrected chi connectivity index (χ3v) is 4.23. The van der Waals surface area contributed by atoms with Gasteiger partial charge in [0.2, 0.25) is 11.7 Å². The van der Waals surface area contributed by atoms with Crippen LogP contribution in [0.25, 0.3) is 0 Å². The second-order valence-electron chi connectivity index (χ2n) is 5.53. The van der Waals surface area contributed by atoms with E-state index in [2.05, 4.69) is 34.2 Å². The summed E-state index contributed by atoms with van der Waals surface area (Å²) >= 11 is 0. The molecule has 2 heterocycles. The van der Waals surface area contributed by atoms with Gasteiger partial charge >= 0.3 is 0 Å². The van der Waals surface area contributed by atoms with Crippen molar-refractivity contribution in [3.8, 4) is 0 Å². The smallest absolute Gasteiger partial charge is 0.240 e. The van der Waals surface area contributed by atoms with Gasteiger partial charge in [-0.2, -0.15) is 4.98 Å². The predicted molar refractivity (Wildman–Crippen MR) is 80.9 cm³/mol. The van der Waals surface area contributed by atoms with E-state index in [1.165, 1.54) is 0 Å². The highest BCUT2D eigenvalue weighted by Gasteiger charge is 2.34. The number of aromatic nitrogens is 2. The molecule has 6 heteroatoms. The molecule has 1 fully saturated rings. The van der Waals surface area contributed by atoms with Gasteiger partial charge in [-0.25, -0.2) is 0 Å². The minimum Gasteiger partial charge on any atom is -0.367 e. The van der Waals surface area contributed by atoms with Gasteiger partial charge in [-0.1, -0.05) is 19.0 Å². The first-order valence-electron chi connectivity index (χ1n) is 8.14. The summed E-state index contributed by atoms with van der Waals surface area (Å²) < 4.78 is 11.4. The lowest BCUT2D eigenvalue weighted by atomic mass is 9.96. The van der Waals surface area contributed by atoms with Crippen LogP contribution in [-0.4, -0.2) is 47.8 Å². The van der Waals surface area contributed by atoms with E-state index in [1.807, 2.05) is 6.92 Å². The summed E-state index contributed by atoms with van der Waals surface area (Å²) in [6, 6.07) is 0. The Morgan fingerprint density at radius 1 is 1.24 bits per heavy atom. The normalized spacial score (nSPS) is 17.9. The highest BCUT2D eigenvalue weighted by Crippen LogP contribution is 2.30. The Kier molecular flexibility index (Phi) is 6.14. The van der Waals surface area contributed by atoms with Crippen molar-refractivity contribution in [2.24, 2.45) is 0 Å². The van der Waals surface area contributed by atoms with Crippen LogP contribution in [0, 0.1) is 0 Å². The van der Waals surface area contributed by atoms with Crippen molar-refractivity contribution in [1.82, 2.24) is 20.4 Å². The number of hydrogen-bond donors (Lipinski definition) is 1. The van der Waals surface area contributed by atoms with E-state index in [4.69, 9.17) is 9.26 Å². The van der Waals surface area contributed by atoms with Crippen LogP contribution in [0.1, 0.15) is 51.7 Å². The standard InChI is InChI=1S/C15H28N4O2/c1-4-15(5-2,20-6-3)14-17-13(21-18-14)12-19-10-7-8-16-9-11-19/h16H,4-12H2,1-3H3. The van der Waals surface area contributed by atoms with E-state index >= 15 is 0 Å². The number of nitrogens with zero attached hydrogens (tertiary/aromatic N) is 3. The molecule has 120 valence electrons. The molecule has 1 aromatic rings. The molecule has 0 bridgehead atoms. The maximum absolute atomic E-state index is 5.93. The SMILES string of the molecule is CCOC(CC)(CC)c1noc(CN2CCCNCC2)n1. The maximum Gasteiger partial charge on any atom is 0.240 e. The Balaban J connectivity index is 2.05. The highest BCUT2D eigenvalue weighted by molar-refractivity contribution is 5.01. The fourth-order valence-corrected chi connectivity index (χ4v) is 2.87. The van der Waals surface area contributed by atoms with E-state index < -0.39 is 5.60 Å². The quantitative estimate of drug-likeness (QED) is 0.829. The van der Waals surface area contributed by atoms with Crippen molar-refractivity contribution in [3.05, 3.63) is 11.7 Å². The molecule has 0 amide bonds. The molecule has 0 radical (unpaired) electrons. The van der Waals surface area contributed by atoms with Crippen LogP contribution >= 0.6 is 0 Å². The Morgan fingerprint density at radius 3 is 2.76 bits per heavy atom. The second-order valence-corrected chi connectivity index (χ2v) is 5.53. The fourth-order valence-electron chi connectivity index (χ4n) is 2.87. The first-order valence-corrected chi connectivity index (χ1v) is 8.14. The van der Waals surface area contributed by atoms with Gasteiger partial charge in [0.15, 0.2) is 0 Å². The van der Waals surface area contributed by atoms with E-state index in [-0.39, 0.29) is 0 Å². The third kappa shape index (κ3) is 4.02. The van der Waals surface area contributed by atoms with E-state index in [1.54, 1.807) is 0 Å². The largest absolute Gasteiger partial charge is 0.367 e. The number of rotatable bonds is 7. The third-order valence-electron chi connectivity index (χ3n) is 4.23. The van der Waals surface area contributed by atoms with E-state index in [0.29, 0.717) is 18.3 Å². The Hall–Kier alpha value is -0.980. The maximum atomic E-state index is 5.93. The molecule has 1 aromatic heterocycles. The molecule has 0 aliphatic carbocycles. The van der Waals surface area contributed by atoms with Gasteiger partial charge < -0.3 is 14.6 Å². The Bertz CT molecular complexity index is 410. The number of ether oxygens (including phenoxy) is 1. The molecule has 21 heavy (non-hydrogen) atoms. The van der Waals surface area contributed by atoms with Gasteiger partial charge in [-0.05, 0) is 39.3 Å². The lowest BCUT2D eigenvalue weighted by Gasteiger charge is -2.27. The van der Waals surface area contributed by atoms with Crippen LogP contribution in [0.2, 0.25) is 0 Å². The summed E-state index contributed by atoms with van der Waals surface area (Å²) in [5, 5.41) is 7.58. The topological polar surface area (TPSA) is 63.4 Å². The molecule has 0 atom stereocenters. The number of nitrogens with one attached hydrogen (secondary N) is 1. The lowest BCUT2D eigenvalue weighted by Crippen LogP contribution is -2.30. The Morgan fingerprint density at radius 2 is 2.05 bits per heavy atom. The van der Waals surface area contributed by atoms with Crippen molar-refractivity contribution >= 4 is 0 Å². The van der Waals surface area contributed by atoms with Crippen molar-refractivity contribution in [2.75, 3.05) is 32.8 Å². The zero-order chi connectivity index (χ0) is 15.1. The predicted octanol–water partition coefficient (Wildman–Crippen LogP) is 1.92. The molecule has 2 rings (SSSR count). The zero-order valence-corrected chi connectivity index (χ0v) is 13.5. The fraction of sp³-hybridized carbons (Fsp3) is 0.867. The van der Waals surface area contributed by atoms with Gasteiger partial charge in [0.05, 0.1) is 6.54 Å². The van der Waals surface area contributed by atoms with Crippen molar-refractivity contribution in [3.63, 3.8) is 0 Å². The first kappa shape index (κ1) is 16.4. The molecule has 6 nitrogen and oxygen atoms in total. The van der Waals surface area contributed by atoms with Crippen molar-refractivity contribution in [1.29, 1.82) is 0 Å². The molecule has 1 aliphatic heterocycles. The zero-order valence-electron chi connectivity index (χ0n) is 13.5. The second kappa shape index (κ2) is 7.87. The molecule has 1 N–H and O–H groups in total. The van der Waals surface area contributed by atoms with Gasteiger partial charge in [0.25, 0.3) is 0 Å². The van der Waals surface area contributed by atoms with Crippen LogP contribution in [0.5, 0.6) is 0 Å². The average Bonchev–Trinajstić information content (AvgIpc) is 2.81. The van der Waals surface area contributed by atoms with Gasteiger partial charge in [0, 0.05) is 19.7 Å². The summed E-state index contributed by atoms with van der Waals surface area (Å²) in [7, 11) is 0. The van der Waals surface area contributed by atoms with E-state index in [9.17, 15) is 0 Å². The molecule has 1 saturated heterocycles. The monoisotopic (exact) mass is 296 g/mol. The average molecular weight is 296 g/mol. The summed E-state index contributed by atoms with van der Waals surface area (Å²) in [6.07, 6.45) is 2.86.